The van der Waals surface area contributed by atoms with Crippen LogP contribution < -0.4 is 10.1 Å². The lowest BCUT2D eigenvalue weighted by Crippen LogP contribution is -2.51. The van der Waals surface area contributed by atoms with Crippen molar-refractivity contribution in [1.82, 2.24) is 10.2 Å². The molecule has 130 valence electrons. The van der Waals surface area contributed by atoms with E-state index in [1.54, 1.807) is 12.0 Å². The van der Waals surface area contributed by atoms with Gasteiger partial charge >= 0.3 is 0 Å². The molecule has 0 atom stereocenters. The van der Waals surface area contributed by atoms with E-state index in [9.17, 15) is 9.59 Å². The zero-order valence-electron chi connectivity index (χ0n) is 14.0. The van der Waals surface area contributed by atoms with Crippen LogP contribution in [0.5, 0.6) is 5.75 Å². The second kappa shape index (κ2) is 7.21. The van der Waals surface area contributed by atoms with E-state index < -0.39 is 0 Å². The van der Waals surface area contributed by atoms with Crippen LogP contribution in [-0.2, 0) is 19.9 Å². The SMILES string of the molecule is COc1ccc(C2(NC(=O)CN3CCOCC3=O)CCCC2)cc1. The molecule has 0 spiro atoms. The Balaban J connectivity index is 1.70. The summed E-state index contributed by atoms with van der Waals surface area (Å²) in [6, 6.07) is 7.88. The summed E-state index contributed by atoms with van der Waals surface area (Å²) in [7, 11) is 1.64. The maximum atomic E-state index is 12.5. The maximum Gasteiger partial charge on any atom is 0.249 e. The molecule has 2 amide bonds. The van der Waals surface area contributed by atoms with Gasteiger partial charge in [0.05, 0.1) is 25.8 Å². The number of carbonyl (C=O) groups excluding carboxylic acids is 2. The molecule has 1 aliphatic carbocycles. The third-order valence-electron chi connectivity index (χ3n) is 4.90. The zero-order valence-corrected chi connectivity index (χ0v) is 14.0. The normalized spacial score (nSPS) is 20.0. The maximum absolute atomic E-state index is 12.5. The second-order valence-electron chi connectivity index (χ2n) is 6.43. The molecule has 0 aromatic heterocycles. The van der Waals surface area contributed by atoms with Crippen LogP contribution in [0.15, 0.2) is 24.3 Å². The van der Waals surface area contributed by atoms with Crippen LogP contribution in [0.1, 0.15) is 31.2 Å². The van der Waals surface area contributed by atoms with E-state index in [1.807, 2.05) is 24.3 Å². The van der Waals surface area contributed by atoms with E-state index in [2.05, 4.69) is 5.32 Å². The van der Waals surface area contributed by atoms with Gasteiger partial charge in [-0.3, -0.25) is 9.59 Å². The zero-order chi connectivity index (χ0) is 17.0. The Labute approximate surface area is 142 Å². The van der Waals surface area contributed by atoms with Crippen LogP contribution in [0.3, 0.4) is 0 Å². The monoisotopic (exact) mass is 332 g/mol. The van der Waals surface area contributed by atoms with E-state index in [1.165, 1.54) is 0 Å². The third kappa shape index (κ3) is 3.53. The number of morpholine rings is 1. The number of nitrogens with one attached hydrogen (secondary N) is 1. The van der Waals surface area contributed by atoms with E-state index in [0.717, 1.165) is 37.0 Å². The van der Waals surface area contributed by atoms with Crippen molar-refractivity contribution in [2.24, 2.45) is 0 Å². The van der Waals surface area contributed by atoms with Gasteiger partial charge < -0.3 is 19.7 Å². The lowest BCUT2D eigenvalue weighted by molar-refractivity contribution is -0.146. The number of nitrogens with zero attached hydrogens (tertiary/aromatic N) is 1. The first-order valence-corrected chi connectivity index (χ1v) is 8.44. The summed E-state index contributed by atoms with van der Waals surface area (Å²) in [5.74, 6) is 0.571. The smallest absolute Gasteiger partial charge is 0.249 e. The summed E-state index contributed by atoms with van der Waals surface area (Å²) in [5, 5.41) is 3.20. The molecule has 1 aromatic carbocycles. The van der Waals surface area contributed by atoms with Crippen molar-refractivity contribution in [1.29, 1.82) is 0 Å². The quantitative estimate of drug-likeness (QED) is 0.886. The molecular formula is C18H24N2O4. The number of carbonyl (C=O) groups is 2. The first-order valence-electron chi connectivity index (χ1n) is 8.44. The Morgan fingerprint density at radius 3 is 2.62 bits per heavy atom. The molecule has 3 rings (SSSR count). The minimum absolute atomic E-state index is 0.0664. The summed E-state index contributed by atoms with van der Waals surface area (Å²) >= 11 is 0. The van der Waals surface area contributed by atoms with Gasteiger partial charge in [0, 0.05) is 6.54 Å². The molecule has 1 aromatic rings. The van der Waals surface area contributed by atoms with Crippen molar-refractivity contribution < 1.29 is 19.1 Å². The Kier molecular flexibility index (Phi) is 5.04. The number of amides is 2. The molecule has 1 aliphatic heterocycles. The van der Waals surface area contributed by atoms with Gasteiger partial charge in [-0.15, -0.1) is 0 Å². The van der Waals surface area contributed by atoms with E-state index in [0.29, 0.717) is 13.2 Å². The van der Waals surface area contributed by atoms with Crippen molar-refractivity contribution in [3.05, 3.63) is 29.8 Å². The molecule has 2 fully saturated rings. The van der Waals surface area contributed by atoms with Crippen molar-refractivity contribution in [3.63, 3.8) is 0 Å². The van der Waals surface area contributed by atoms with Crippen molar-refractivity contribution in [2.45, 2.75) is 31.2 Å². The molecule has 6 nitrogen and oxygen atoms in total. The number of methoxy groups -OCH3 is 1. The number of hydrogen-bond donors (Lipinski definition) is 1. The molecular weight excluding hydrogens is 308 g/mol. The average molecular weight is 332 g/mol. The summed E-state index contributed by atoms with van der Waals surface area (Å²) in [5.41, 5.74) is 0.765. The molecule has 0 unspecified atom stereocenters. The molecule has 1 N–H and O–H groups in total. The minimum atomic E-state index is -0.335. The summed E-state index contributed by atoms with van der Waals surface area (Å²) < 4.78 is 10.3. The van der Waals surface area contributed by atoms with Crippen molar-refractivity contribution in [2.75, 3.05) is 33.4 Å². The lowest BCUT2D eigenvalue weighted by Gasteiger charge is -2.33. The second-order valence-corrected chi connectivity index (χ2v) is 6.43. The van der Waals surface area contributed by atoms with Gasteiger partial charge in [-0.1, -0.05) is 25.0 Å². The number of hydrogen-bond acceptors (Lipinski definition) is 4. The van der Waals surface area contributed by atoms with Crippen LogP contribution >= 0.6 is 0 Å². The van der Waals surface area contributed by atoms with Gasteiger partial charge in [0.1, 0.15) is 12.4 Å². The Morgan fingerprint density at radius 2 is 2.00 bits per heavy atom. The fourth-order valence-corrected chi connectivity index (χ4v) is 3.57. The molecule has 24 heavy (non-hydrogen) atoms. The highest BCUT2D eigenvalue weighted by Gasteiger charge is 2.37. The largest absolute Gasteiger partial charge is 0.497 e. The van der Waals surface area contributed by atoms with Crippen LogP contribution in [0.2, 0.25) is 0 Å². The standard InChI is InChI=1S/C18H24N2O4/c1-23-15-6-4-14(5-7-15)18(8-2-3-9-18)19-16(21)12-20-10-11-24-13-17(20)22/h4-7H,2-3,8-13H2,1H3,(H,19,21). The summed E-state index contributed by atoms with van der Waals surface area (Å²) in [4.78, 5) is 25.9. The summed E-state index contributed by atoms with van der Waals surface area (Å²) in [6.45, 7) is 1.13. The molecule has 2 aliphatic rings. The third-order valence-corrected chi connectivity index (χ3v) is 4.90. The van der Waals surface area contributed by atoms with Crippen LogP contribution in [0.4, 0.5) is 0 Å². The van der Waals surface area contributed by atoms with Crippen molar-refractivity contribution in [3.8, 4) is 5.75 Å². The highest BCUT2D eigenvalue weighted by molar-refractivity contribution is 5.86. The van der Waals surface area contributed by atoms with E-state index >= 15 is 0 Å². The molecule has 1 saturated carbocycles. The van der Waals surface area contributed by atoms with Gasteiger partial charge in [-0.05, 0) is 30.5 Å². The van der Waals surface area contributed by atoms with Crippen LogP contribution in [0.25, 0.3) is 0 Å². The summed E-state index contributed by atoms with van der Waals surface area (Å²) in [6.07, 6.45) is 4.01. The lowest BCUT2D eigenvalue weighted by atomic mass is 9.88. The molecule has 6 heteroatoms. The van der Waals surface area contributed by atoms with Crippen molar-refractivity contribution >= 4 is 11.8 Å². The highest BCUT2D eigenvalue weighted by Crippen LogP contribution is 2.39. The highest BCUT2D eigenvalue weighted by atomic mass is 16.5. The van der Waals surface area contributed by atoms with Gasteiger partial charge in [0.15, 0.2) is 0 Å². The van der Waals surface area contributed by atoms with Gasteiger partial charge in [-0.2, -0.15) is 0 Å². The Bertz CT molecular complexity index is 594. The topological polar surface area (TPSA) is 67.9 Å². The number of benzene rings is 1. The fraction of sp³-hybridized carbons (Fsp3) is 0.556. The predicted molar refractivity (Wildman–Crippen MR) is 88.7 cm³/mol. The Hall–Kier alpha value is -2.08. The molecule has 0 bridgehead atoms. The first-order chi connectivity index (χ1) is 11.6. The van der Waals surface area contributed by atoms with Crippen LogP contribution in [-0.4, -0.2) is 50.1 Å². The van der Waals surface area contributed by atoms with Gasteiger partial charge in [0.2, 0.25) is 11.8 Å². The molecule has 1 heterocycles. The average Bonchev–Trinajstić information content (AvgIpc) is 3.06. The molecule has 1 saturated heterocycles. The van der Waals surface area contributed by atoms with E-state index in [-0.39, 0.29) is 30.5 Å². The first kappa shape index (κ1) is 16.8. The van der Waals surface area contributed by atoms with E-state index in [4.69, 9.17) is 9.47 Å². The fourth-order valence-electron chi connectivity index (χ4n) is 3.57. The number of rotatable bonds is 5. The molecule has 0 radical (unpaired) electrons. The van der Waals surface area contributed by atoms with Crippen LogP contribution in [0, 0.1) is 0 Å². The number of ether oxygens (including phenoxy) is 2. The minimum Gasteiger partial charge on any atom is -0.497 e. The Morgan fingerprint density at radius 1 is 1.29 bits per heavy atom. The van der Waals surface area contributed by atoms with Gasteiger partial charge in [-0.25, -0.2) is 0 Å². The predicted octanol–water partition coefficient (Wildman–Crippen LogP) is 1.44. The van der Waals surface area contributed by atoms with Gasteiger partial charge in [0.25, 0.3) is 0 Å².